The fraction of sp³-hybridized carbons (Fsp3) is 0.256. The Hall–Kier alpha value is -2.31. The van der Waals surface area contributed by atoms with Gasteiger partial charge in [-0.15, -0.1) is 17.5 Å². The van der Waals surface area contributed by atoms with Crippen molar-refractivity contribution in [3.8, 4) is 11.1 Å². The summed E-state index contributed by atoms with van der Waals surface area (Å²) in [5.74, 6) is 0. The molecule has 0 radical (unpaired) electrons. The molecule has 0 spiro atoms. The van der Waals surface area contributed by atoms with Gasteiger partial charge in [0.2, 0.25) is 0 Å². The summed E-state index contributed by atoms with van der Waals surface area (Å²) in [6.45, 7) is 13.6. The maximum atomic E-state index is 3.67. The first-order chi connectivity index (χ1) is 19.0. The molecule has 0 unspecified atom stereocenters. The molecule has 216 valence electrons. The van der Waals surface area contributed by atoms with Gasteiger partial charge in [0, 0.05) is 0 Å². The summed E-state index contributed by atoms with van der Waals surface area (Å²) >= 11 is 1.46. The van der Waals surface area contributed by atoms with E-state index in [9.17, 15) is 0 Å². The van der Waals surface area contributed by atoms with Crippen LogP contribution in [-0.4, -0.2) is 3.21 Å². The number of rotatable bonds is 2. The van der Waals surface area contributed by atoms with Crippen molar-refractivity contribution in [1.29, 1.82) is 0 Å². The van der Waals surface area contributed by atoms with Crippen LogP contribution in [0.15, 0.2) is 109 Å². The molecule has 3 heteroatoms. The summed E-state index contributed by atoms with van der Waals surface area (Å²) in [5, 5.41) is 0. The van der Waals surface area contributed by atoms with Crippen LogP contribution < -0.4 is 24.8 Å². The minimum atomic E-state index is 0. The predicted octanol–water partition coefficient (Wildman–Crippen LogP) is 3.77. The second kappa shape index (κ2) is 16.0. The van der Waals surface area contributed by atoms with Gasteiger partial charge in [-0.3, -0.25) is 6.08 Å². The molecule has 2 aliphatic carbocycles. The van der Waals surface area contributed by atoms with Gasteiger partial charge in [-0.2, -0.15) is 29.8 Å². The van der Waals surface area contributed by atoms with Gasteiger partial charge in [-0.1, -0.05) is 65.3 Å². The molecule has 0 nitrogen and oxygen atoms in total. The molecule has 4 aromatic carbocycles. The topological polar surface area (TPSA) is 0 Å². The molecule has 0 saturated heterocycles. The molecule has 0 aromatic heterocycles. The van der Waals surface area contributed by atoms with Gasteiger partial charge in [-0.25, -0.2) is 12.2 Å². The van der Waals surface area contributed by atoms with E-state index in [1.54, 1.807) is 0 Å². The molecule has 42 heavy (non-hydrogen) atoms. The van der Waals surface area contributed by atoms with Crippen LogP contribution in [0, 0.1) is 12.1 Å². The van der Waals surface area contributed by atoms with Crippen molar-refractivity contribution >= 4 is 3.21 Å². The standard InChI is InChI=1S/C21H25.C13H10.C5H5.2ClH.Zr/c1-20(2,3)16-7-9-18-14(12-16)11-15-13-17(21(4,5)6)8-10-19(15)18;1-3-7-12(8-4-1)11-13-9-5-2-6-10-13;1-2-4-5-3-1;;;/h7-10,12H,11H2,1-6H3;1-10H;1-3H,4H2;2*1H;/q-1;;-1;;;+2/p-2. The average molecular weight is 671 g/mol. The van der Waals surface area contributed by atoms with Crippen molar-refractivity contribution in [3.05, 3.63) is 155 Å². The molecule has 2 aliphatic rings. The van der Waals surface area contributed by atoms with Gasteiger partial charge in [0.15, 0.2) is 0 Å². The van der Waals surface area contributed by atoms with E-state index in [0.29, 0.717) is 0 Å². The van der Waals surface area contributed by atoms with E-state index in [1.165, 1.54) is 71.9 Å². The van der Waals surface area contributed by atoms with Crippen molar-refractivity contribution in [2.45, 2.75) is 65.2 Å². The summed E-state index contributed by atoms with van der Waals surface area (Å²) in [7, 11) is 0. The fourth-order valence-electron chi connectivity index (χ4n) is 4.74. The quantitative estimate of drug-likeness (QED) is 0.251. The van der Waals surface area contributed by atoms with E-state index >= 15 is 0 Å². The molecule has 0 atom stereocenters. The fourth-order valence-corrected chi connectivity index (χ4v) is 5.56. The molecule has 0 fully saturated rings. The molecule has 0 N–H and O–H groups in total. The maximum absolute atomic E-state index is 3.67. The predicted molar refractivity (Wildman–Crippen MR) is 169 cm³/mol. The Kier molecular flexibility index (Phi) is 13.6. The van der Waals surface area contributed by atoms with E-state index in [4.69, 9.17) is 0 Å². The van der Waals surface area contributed by atoms with Crippen LogP contribution >= 0.6 is 0 Å². The Bertz CT molecular complexity index is 1390. The average Bonchev–Trinajstić information content (AvgIpc) is 3.64. The summed E-state index contributed by atoms with van der Waals surface area (Å²) in [6.07, 6.45) is 11.0. The molecule has 4 aromatic rings. The Labute approximate surface area is 281 Å². The summed E-state index contributed by atoms with van der Waals surface area (Å²) in [5.41, 5.74) is 11.4. The molecule has 0 amide bonds. The van der Waals surface area contributed by atoms with E-state index in [-0.39, 0.29) is 35.6 Å². The van der Waals surface area contributed by atoms with Crippen molar-refractivity contribution in [2.75, 3.05) is 0 Å². The number of hydrogen-bond acceptors (Lipinski definition) is 0. The van der Waals surface area contributed by atoms with Crippen molar-refractivity contribution in [2.24, 2.45) is 0 Å². The third kappa shape index (κ3) is 9.60. The zero-order chi connectivity index (χ0) is 28.8. The Morgan fingerprint density at radius 3 is 1.71 bits per heavy atom. The summed E-state index contributed by atoms with van der Waals surface area (Å²) < 4.78 is 1.42. The van der Waals surface area contributed by atoms with Gasteiger partial charge in [0.05, 0.1) is 0 Å². The van der Waals surface area contributed by atoms with Crippen molar-refractivity contribution in [1.82, 2.24) is 0 Å². The Balaban J connectivity index is 0.000000253. The zero-order valence-corrected chi connectivity index (χ0v) is 29.5. The molecular formula is C39H40Cl2Zr-2. The van der Waals surface area contributed by atoms with Gasteiger partial charge in [0.25, 0.3) is 0 Å². The second-order valence-electron chi connectivity index (χ2n) is 12.4. The van der Waals surface area contributed by atoms with Crippen LogP contribution in [0.3, 0.4) is 0 Å². The number of benzene rings is 4. The van der Waals surface area contributed by atoms with E-state index in [2.05, 4.69) is 151 Å². The van der Waals surface area contributed by atoms with Gasteiger partial charge in [-0.05, 0) is 28.4 Å². The van der Waals surface area contributed by atoms with Crippen LogP contribution in [-0.2, 0) is 41.5 Å². The van der Waals surface area contributed by atoms with Crippen LogP contribution in [0.5, 0.6) is 0 Å². The van der Waals surface area contributed by atoms with Crippen molar-refractivity contribution < 1.29 is 49.0 Å². The Morgan fingerprint density at radius 1 is 0.690 bits per heavy atom. The van der Waals surface area contributed by atoms with Crippen molar-refractivity contribution in [3.63, 3.8) is 0 Å². The Morgan fingerprint density at radius 2 is 1.26 bits per heavy atom. The summed E-state index contributed by atoms with van der Waals surface area (Å²) in [4.78, 5) is 0. The first-order valence-electron chi connectivity index (χ1n) is 14.1. The monoisotopic (exact) mass is 668 g/mol. The van der Waals surface area contributed by atoms with E-state index in [0.717, 1.165) is 12.8 Å². The van der Waals surface area contributed by atoms with Gasteiger partial charge < -0.3 is 24.8 Å². The number of halogens is 2. The minimum absolute atomic E-state index is 0. The van der Waals surface area contributed by atoms with Gasteiger partial charge >= 0.3 is 99.2 Å². The normalized spacial score (nSPS) is 12.4. The molecular weight excluding hydrogens is 631 g/mol. The van der Waals surface area contributed by atoms with E-state index in [1.807, 2.05) is 12.2 Å². The van der Waals surface area contributed by atoms with Crippen LogP contribution in [0.4, 0.5) is 0 Å². The molecule has 0 saturated carbocycles. The summed E-state index contributed by atoms with van der Waals surface area (Å²) in [6, 6.07) is 36.3. The molecule has 0 bridgehead atoms. The molecule has 0 heterocycles. The zero-order valence-electron chi connectivity index (χ0n) is 25.6. The first-order valence-corrected chi connectivity index (χ1v) is 15.4. The van der Waals surface area contributed by atoms with E-state index < -0.39 is 0 Å². The van der Waals surface area contributed by atoms with Crippen LogP contribution in [0.25, 0.3) is 11.1 Å². The third-order valence-corrected chi connectivity index (χ3v) is 8.59. The SMILES string of the molecule is CC(C)(C)c1[c-]c2c(cc1)-c1ccc(C(C)(C)C)cc1C2.[C-]1=CC=CC1.[Cl-].[Cl-].[Zr+2]=[C](c1ccccc1)c1ccccc1. The third-order valence-electron chi connectivity index (χ3n) is 7.17. The number of allylic oxidation sites excluding steroid dienone is 4. The molecule has 6 rings (SSSR count). The van der Waals surface area contributed by atoms with Crippen LogP contribution in [0.1, 0.15) is 81.3 Å². The number of hydrogen-bond donors (Lipinski definition) is 0. The molecule has 0 aliphatic heterocycles. The number of fused-ring (bicyclic) bond motifs is 3. The van der Waals surface area contributed by atoms with Crippen LogP contribution in [0.2, 0.25) is 0 Å². The van der Waals surface area contributed by atoms with Gasteiger partial charge in [0.1, 0.15) is 0 Å². The second-order valence-corrected chi connectivity index (χ2v) is 13.7. The first kappa shape index (κ1) is 35.9.